The summed E-state index contributed by atoms with van der Waals surface area (Å²) in [4.78, 5) is 29.5. The van der Waals surface area contributed by atoms with Crippen molar-refractivity contribution in [2.24, 2.45) is 5.10 Å². The van der Waals surface area contributed by atoms with E-state index in [1.807, 2.05) is 44.2 Å². The summed E-state index contributed by atoms with van der Waals surface area (Å²) in [7, 11) is 1.41. The first-order valence-electron chi connectivity index (χ1n) is 11.7. The first-order chi connectivity index (χ1) is 18.2. The summed E-state index contributed by atoms with van der Waals surface area (Å²) in [5.74, 6) is 0.630. The quantitative estimate of drug-likeness (QED) is 0.113. The van der Waals surface area contributed by atoms with Crippen LogP contribution in [0.25, 0.3) is 10.9 Å². The highest BCUT2D eigenvalue weighted by Gasteiger charge is 2.23. The van der Waals surface area contributed by atoms with Gasteiger partial charge < -0.3 is 9.47 Å². The Bertz CT molecular complexity index is 1590. The molecule has 196 valence electrons. The van der Waals surface area contributed by atoms with E-state index in [0.29, 0.717) is 22.3 Å². The van der Waals surface area contributed by atoms with Gasteiger partial charge in [-0.05, 0) is 48.4 Å². The zero-order valence-electron chi connectivity index (χ0n) is 20.9. The van der Waals surface area contributed by atoms with Gasteiger partial charge in [-0.2, -0.15) is 9.78 Å². The summed E-state index contributed by atoms with van der Waals surface area (Å²) < 4.78 is 14.1. The largest absolute Gasteiger partial charge is 0.493 e. The number of nitro groups is 1. The van der Waals surface area contributed by atoms with Gasteiger partial charge in [0.05, 0.1) is 29.2 Å². The molecule has 0 N–H and O–H groups in total. The average molecular weight is 644 g/mol. The summed E-state index contributed by atoms with van der Waals surface area (Å²) in [6.45, 7) is 4.08. The smallest absolute Gasteiger partial charge is 0.315 e. The predicted octanol–water partition coefficient (Wildman–Crippen LogP) is 6.81. The van der Waals surface area contributed by atoms with Crippen molar-refractivity contribution in [2.45, 2.75) is 32.8 Å². The number of nitrogens with zero attached hydrogens (tertiary/aromatic N) is 4. The predicted molar refractivity (Wildman–Crippen MR) is 154 cm³/mol. The van der Waals surface area contributed by atoms with Crippen molar-refractivity contribution in [3.05, 3.63) is 101 Å². The van der Waals surface area contributed by atoms with Crippen LogP contribution in [-0.2, 0) is 6.61 Å². The highest BCUT2D eigenvalue weighted by molar-refractivity contribution is 9.10. The fourth-order valence-corrected chi connectivity index (χ4v) is 4.38. The van der Waals surface area contributed by atoms with E-state index in [0.717, 1.165) is 20.9 Å². The molecule has 0 amide bonds. The Morgan fingerprint density at radius 1 is 1.13 bits per heavy atom. The SMILES string of the molecule is CC[C@@H](C)c1nc2ccc(Br)cc2c(=O)n1N=Cc1cc(OC)c(OCc2ccc(Br)cc2)c([N+](=O)[O-])c1. The molecule has 1 aromatic heterocycles. The second-order valence-electron chi connectivity index (χ2n) is 8.55. The summed E-state index contributed by atoms with van der Waals surface area (Å²) in [5.41, 5.74) is 1.16. The van der Waals surface area contributed by atoms with Crippen LogP contribution in [0.15, 0.2) is 73.4 Å². The maximum absolute atomic E-state index is 13.4. The van der Waals surface area contributed by atoms with E-state index in [1.54, 1.807) is 18.2 Å². The van der Waals surface area contributed by atoms with Gasteiger partial charge in [0.15, 0.2) is 5.75 Å². The monoisotopic (exact) mass is 642 g/mol. The summed E-state index contributed by atoms with van der Waals surface area (Å²) in [6, 6.07) is 15.6. The molecule has 0 unspecified atom stereocenters. The van der Waals surface area contributed by atoms with E-state index in [-0.39, 0.29) is 35.3 Å². The van der Waals surface area contributed by atoms with E-state index in [1.165, 1.54) is 24.1 Å². The van der Waals surface area contributed by atoms with Gasteiger partial charge in [0, 0.05) is 26.5 Å². The van der Waals surface area contributed by atoms with Gasteiger partial charge >= 0.3 is 5.69 Å². The Morgan fingerprint density at radius 2 is 1.84 bits per heavy atom. The molecule has 0 aliphatic rings. The molecule has 1 heterocycles. The minimum Gasteiger partial charge on any atom is -0.493 e. The van der Waals surface area contributed by atoms with E-state index < -0.39 is 4.92 Å². The van der Waals surface area contributed by atoms with Crippen LogP contribution in [0.5, 0.6) is 11.5 Å². The molecular weight excluding hydrogens is 620 g/mol. The second kappa shape index (κ2) is 11.9. The lowest BCUT2D eigenvalue weighted by atomic mass is 10.1. The minimum absolute atomic E-state index is 0.00671. The molecule has 9 nitrogen and oxygen atoms in total. The van der Waals surface area contributed by atoms with Gasteiger partial charge in [-0.3, -0.25) is 14.9 Å². The molecule has 4 aromatic rings. The number of rotatable bonds is 9. The average Bonchev–Trinajstić information content (AvgIpc) is 2.91. The van der Waals surface area contributed by atoms with Gasteiger partial charge in [-0.1, -0.05) is 57.8 Å². The van der Waals surface area contributed by atoms with Crippen LogP contribution in [0.2, 0.25) is 0 Å². The number of halogens is 2. The highest BCUT2D eigenvalue weighted by atomic mass is 79.9. The lowest BCUT2D eigenvalue weighted by Gasteiger charge is -2.14. The number of ether oxygens (including phenoxy) is 2. The molecular formula is C27H24Br2N4O5. The normalized spacial score (nSPS) is 12.1. The topological polar surface area (TPSA) is 109 Å². The van der Waals surface area contributed by atoms with Crippen LogP contribution in [0.1, 0.15) is 43.1 Å². The third kappa shape index (κ3) is 5.94. The standard InChI is InChI=1S/C27H24Br2N4O5/c1-4-16(2)26-31-22-10-9-20(29)13-21(22)27(34)32(26)30-14-18-11-23(33(35)36)25(24(12-18)37-3)38-15-17-5-7-19(28)8-6-17/h5-14,16H,4,15H2,1-3H3/t16-/m1/s1. The Labute approximate surface area is 235 Å². The minimum atomic E-state index is -0.539. The van der Waals surface area contributed by atoms with Gasteiger partial charge in [0.2, 0.25) is 5.75 Å². The number of nitro benzene ring substituents is 1. The lowest BCUT2D eigenvalue weighted by molar-refractivity contribution is -0.386. The van der Waals surface area contributed by atoms with Gasteiger partial charge in [0.25, 0.3) is 5.56 Å². The number of benzene rings is 3. The molecule has 0 aliphatic heterocycles. The maximum atomic E-state index is 13.4. The molecule has 11 heteroatoms. The molecule has 0 aliphatic carbocycles. The number of methoxy groups -OCH3 is 1. The Kier molecular flexibility index (Phi) is 8.58. The summed E-state index contributed by atoms with van der Waals surface area (Å²) in [5, 5.41) is 16.8. The number of aromatic nitrogens is 2. The number of hydrogen-bond acceptors (Lipinski definition) is 7. The summed E-state index contributed by atoms with van der Waals surface area (Å²) in [6.07, 6.45) is 2.13. The Balaban J connectivity index is 1.76. The molecule has 0 spiro atoms. The highest BCUT2D eigenvalue weighted by Crippen LogP contribution is 2.38. The fourth-order valence-electron chi connectivity index (χ4n) is 3.75. The van der Waals surface area contributed by atoms with Gasteiger partial charge in [0.1, 0.15) is 12.4 Å². The molecule has 0 saturated heterocycles. The Morgan fingerprint density at radius 3 is 2.50 bits per heavy atom. The Hall–Kier alpha value is -3.57. The van der Waals surface area contributed by atoms with Crippen LogP contribution >= 0.6 is 31.9 Å². The van der Waals surface area contributed by atoms with Crippen LogP contribution in [0, 0.1) is 10.1 Å². The first kappa shape index (κ1) is 27.5. The summed E-state index contributed by atoms with van der Waals surface area (Å²) >= 11 is 6.78. The molecule has 0 bridgehead atoms. The fraction of sp³-hybridized carbons (Fsp3) is 0.222. The van der Waals surface area contributed by atoms with Crippen molar-refractivity contribution in [3.8, 4) is 11.5 Å². The van der Waals surface area contributed by atoms with Crippen molar-refractivity contribution in [1.82, 2.24) is 9.66 Å². The van der Waals surface area contributed by atoms with Crippen molar-refractivity contribution in [3.63, 3.8) is 0 Å². The third-order valence-corrected chi connectivity index (χ3v) is 7.00. The van der Waals surface area contributed by atoms with Crippen molar-refractivity contribution < 1.29 is 14.4 Å². The van der Waals surface area contributed by atoms with E-state index in [2.05, 4.69) is 41.9 Å². The lowest BCUT2D eigenvalue weighted by Crippen LogP contribution is -2.23. The zero-order chi connectivity index (χ0) is 27.4. The van der Waals surface area contributed by atoms with E-state index in [9.17, 15) is 14.9 Å². The number of hydrogen-bond donors (Lipinski definition) is 0. The molecule has 3 aromatic carbocycles. The first-order valence-corrected chi connectivity index (χ1v) is 13.3. The molecule has 38 heavy (non-hydrogen) atoms. The van der Waals surface area contributed by atoms with Gasteiger partial charge in [-0.15, -0.1) is 0 Å². The third-order valence-electron chi connectivity index (χ3n) is 5.98. The zero-order valence-corrected chi connectivity index (χ0v) is 24.0. The van der Waals surface area contributed by atoms with Gasteiger partial charge in [-0.25, -0.2) is 4.98 Å². The molecule has 4 rings (SSSR count). The molecule has 0 fully saturated rings. The molecule has 0 saturated carbocycles. The van der Waals surface area contributed by atoms with Crippen LogP contribution in [0.3, 0.4) is 0 Å². The van der Waals surface area contributed by atoms with Crippen molar-refractivity contribution >= 4 is 54.7 Å². The van der Waals surface area contributed by atoms with E-state index in [4.69, 9.17) is 9.47 Å². The van der Waals surface area contributed by atoms with E-state index >= 15 is 0 Å². The van der Waals surface area contributed by atoms with Crippen molar-refractivity contribution in [1.29, 1.82) is 0 Å². The molecule has 0 radical (unpaired) electrons. The van der Waals surface area contributed by atoms with Crippen LogP contribution in [0.4, 0.5) is 5.69 Å². The second-order valence-corrected chi connectivity index (χ2v) is 10.4. The van der Waals surface area contributed by atoms with Crippen LogP contribution < -0.4 is 15.0 Å². The molecule has 1 atom stereocenters. The van der Waals surface area contributed by atoms with Crippen LogP contribution in [-0.4, -0.2) is 27.9 Å². The van der Waals surface area contributed by atoms with Crippen molar-refractivity contribution in [2.75, 3.05) is 7.11 Å². The maximum Gasteiger partial charge on any atom is 0.315 e. The number of fused-ring (bicyclic) bond motifs is 1.